The van der Waals surface area contributed by atoms with Crippen LogP contribution < -0.4 is 5.46 Å². The lowest BCUT2D eigenvalue weighted by Crippen LogP contribution is -2.29. The summed E-state index contributed by atoms with van der Waals surface area (Å²) < 4.78 is 3.54. The molecule has 0 saturated carbocycles. The van der Waals surface area contributed by atoms with E-state index < -0.39 is 7.12 Å². The van der Waals surface area contributed by atoms with Crippen LogP contribution in [0.5, 0.6) is 0 Å². The maximum atomic E-state index is 9.10. The number of rotatable bonds is 8. The minimum Gasteiger partial charge on any atom is -0.423 e. The molecule has 0 unspecified atom stereocenters. The fourth-order valence-electron chi connectivity index (χ4n) is 12.6. The first-order valence-electron chi connectivity index (χ1n) is 30.3. The van der Waals surface area contributed by atoms with E-state index in [0.29, 0.717) is 5.46 Å². The van der Waals surface area contributed by atoms with Gasteiger partial charge in [-0.15, -0.1) is 0 Å². The van der Waals surface area contributed by atoms with Crippen LogP contribution in [-0.2, 0) is 5.41 Å². The predicted molar refractivity (Wildman–Crippen MR) is 398 cm³/mol. The zero-order valence-corrected chi connectivity index (χ0v) is 54.9. The molecule has 0 bridgehead atoms. The largest absolute Gasteiger partial charge is 0.488 e. The van der Waals surface area contributed by atoms with Crippen molar-refractivity contribution in [2.75, 3.05) is 0 Å². The monoisotopic (exact) mass is 1410 g/mol. The van der Waals surface area contributed by atoms with Crippen molar-refractivity contribution >= 4 is 67.0 Å². The summed E-state index contributed by atoms with van der Waals surface area (Å²) in [4.78, 5) is 0. The van der Waals surface area contributed by atoms with Gasteiger partial charge in [0.15, 0.2) is 0 Å². The second-order valence-corrected chi connectivity index (χ2v) is 25.3. The van der Waals surface area contributed by atoms with Crippen LogP contribution in [0, 0.1) is 3.57 Å². The van der Waals surface area contributed by atoms with Crippen LogP contribution >= 0.6 is 54.5 Å². The number of fused-ring (bicyclic) bond motifs is 10. The van der Waals surface area contributed by atoms with E-state index in [-0.39, 0.29) is 5.41 Å². The van der Waals surface area contributed by atoms with Crippen molar-refractivity contribution in [2.24, 2.45) is 0 Å². The van der Waals surface area contributed by atoms with Gasteiger partial charge in [-0.3, -0.25) is 0 Å². The fourth-order valence-corrected chi connectivity index (χ4v) is 13.8. The molecule has 6 heteroatoms. The van der Waals surface area contributed by atoms with Crippen molar-refractivity contribution in [3.63, 3.8) is 0 Å². The molecule has 0 radical (unpaired) electrons. The Kier molecular flexibility index (Phi) is 18.6. The Labute approximate surface area is 564 Å². The quantitative estimate of drug-likeness (QED) is 0.118. The summed E-state index contributed by atoms with van der Waals surface area (Å²) in [6.45, 7) is 0. The lowest BCUT2D eigenvalue weighted by molar-refractivity contribution is 0.426. The lowest BCUT2D eigenvalue weighted by Gasteiger charge is -2.30. The van der Waals surface area contributed by atoms with E-state index in [2.05, 4.69) is 334 Å². The number of hydrogen-bond donors (Lipinski definition) is 2. The van der Waals surface area contributed by atoms with E-state index in [4.69, 9.17) is 10.0 Å². The first-order valence-corrected chi connectivity index (χ1v) is 33.0. The second-order valence-electron chi connectivity index (χ2n) is 22.4. The molecular weight excluding hydrogens is 1350 g/mol. The first kappa shape index (κ1) is 60.7. The van der Waals surface area contributed by atoms with Gasteiger partial charge in [0.2, 0.25) is 0 Å². The third-order valence-electron chi connectivity index (χ3n) is 17.1. The van der Waals surface area contributed by atoms with Crippen LogP contribution in [0.2, 0.25) is 0 Å². The SMILES string of the molecule is Brc1cc(-c2ccc(-c3ccccc3)cc2)ccc1-c1ccccc1.Brc1ccccc1I.OB(O)c1ccc(-c2ccc(-c3ccccc3)cc2)cc1.c1ccc(-c2ccc(-c3ccc4c(c3)C3(c5ccccc5-c5ccccc53)c3ccccc3-4)cc2)cc1. The topological polar surface area (TPSA) is 40.5 Å². The molecule has 2 nitrogen and oxygen atoms in total. The molecule has 0 aromatic heterocycles. The zero-order valence-electron chi connectivity index (χ0n) is 49.6. The molecule has 16 rings (SSSR count). The first-order chi connectivity index (χ1) is 44.7. The molecule has 1 spiro atoms. The van der Waals surface area contributed by atoms with Crippen molar-refractivity contribution < 1.29 is 10.0 Å². The Morgan fingerprint density at radius 1 is 0.231 bits per heavy atom. The van der Waals surface area contributed by atoms with E-state index >= 15 is 0 Å². The minimum atomic E-state index is -1.42. The van der Waals surface area contributed by atoms with E-state index in [9.17, 15) is 0 Å². The number of hydrogen-bond acceptors (Lipinski definition) is 2. The molecule has 0 atom stereocenters. The van der Waals surface area contributed by atoms with Gasteiger partial charge in [0.1, 0.15) is 0 Å². The van der Waals surface area contributed by atoms with Crippen molar-refractivity contribution in [1.82, 2.24) is 0 Å². The highest BCUT2D eigenvalue weighted by Gasteiger charge is 2.51. The summed E-state index contributed by atoms with van der Waals surface area (Å²) in [6.07, 6.45) is 0. The molecule has 436 valence electrons. The van der Waals surface area contributed by atoms with Gasteiger partial charge in [-0.05, 0) is 191 Å². The van der Waals surface area contributed by atoms with Gasteiger partial charge >= 0.3 is 7.12 Å². The zero-order chi connectivity index (χ0) is 62.1. The van der Waals surface area contributed by atoms with E-state index in [1.54, 1.807) is 12.1 Å². The molecule has 2 aliphatic carbocycles. The van der Waals surface area contributed by atoms with Gasteiger partial charge in [-0.2, -0.15) is 0 Å². The average Bonchev–Trinajstić information content (AvgIpc) is 1.51. The maximum Gasteiger partial charge on any atom is 0.488 e. The third kappa shape index (κ3) is 12.9. The van der Waals surface area contributed by atoms with Crippen LogP contribution in [0.15, 0.2) is 361 Å². The summed E-state index contributed by atoms with van der Waals surface area (Å²) >= 11 is 9.40. The summed E-state index contributed by atoms with van der Waals surface area (Å²) in [5.41, 5.74) is 28.0. The van der Waals surface area contributed by atoms with Gasteiger partial charge < -0.3 is 10.0 Å². The number of benzene rings is 14. The Morgan fingerprint density at radius 2 is 0.505 bits per heavy atom. The normalized spacial score (nSPS) is 11.7. The summed E-state index contributed by atoms with van der Waals surface area (Å²) in [5.74, 6) is 0. The Bertz CT molecular complexity index is 4690. The van der Waals surface area contributed by atoms with Crippen molar-refractivity contribution in [3.8, 4) is 100 Å². The van der Waals surface area contributed by atoms with Crippen LogP contribution in [-0.4, -0.2) is 17.2 Å². The van der Waals surface area contributed by atoms with E-state index in [1.165, 1.54) is 119 Å². The highest BCUT2D eigenvalue weighted by molar-refractivity contribution is 14.1. The number of halogens is 3. The van der Waals surface area contributed by atoms with Gasteiger partial charge in [-0.1, -0.05) is 344 Å². The molecule has 0 fully saturated rings. The van der Waals surface area contributed by atoms with Crippen molar-refractivity contribution in [2.45, 2.75) is 5.41 Å². The van der Waals surface area contributed by atoms with Crippen molar-refractivity contribution in [1.29, 1.82) is 0 Å². The molecule has 0 heterocycles. The van der Waals surface area contributed by atoms with Crippen LogP contribution in [0.3, 0.4) is 0 Å². The molecular formula is C85H60BBr2IO2. The highest BCUT2D eigenvalue weighted by atomic mass is 127. The van der Waals surface area contributed by atoms with E-state index in [1.807, 2.05) is 60.7 Å². The van der Waals surface area contributed by atoms with Crippen LogP contribution in [0.1, 0.15) is 22.3 Å². The average molecular weight is 1410 g/mol. The fraction of sp³-hybridized carbons (Fsp3) is 0.0118. The summed E-state index contributed by atoms with van der Waals surface area (Å²) in [5, 5.41) is 18.2. The third-order valence-corrected chi connectivity index (χ3v) is 20.1. The molecule has 0 saturated heterocycles. The molecule has 91 heavy (non-hydrogen) atoms. The van der Waals surface area contributed by atoms with Crippen molar-refractivity contribution in [3.05, 3.63) is 387 Å². The smallest absolute Gasteiger partial charge is 0.423 e. The molecule has 0 amide bonds. The van der Waals surface area contributed by atoms with Crippen LogP contribution in [0.4, 0.5) is 0 Å². The maximum absolute atomic E-state index is 9.10. The molecule has 0 aliphatic heterocycles. The van der Waals surface area contributed by atoms with Crippen LogP contribution in [0.25, 0.3) is 100 Å². The molecule has 2 aliphatic rings. The predicted octanol–water partition coefficient (Wildman–Crippen LogP) is 22.6. The lowest BCUT2D eigenvalue weighted by atomic mass is 9.70. The summed E-state index contributed by atoms with van der Waals surface area (Å²) in [6, 6.07) is 124. The summed E-state index contributed by atoms with van der Waals surface area (Å²) in [7, 11) is -1.42. The van der Waals surface area contributed by atoms with Gasteiger partial charge in [-0.25, -0.2) is 0 Å². The molecule has 2 N–H and O–H groups in total. The second kappa shape index (κ2) is 27.9. The standard InChI is InChI=1S/C37H24.C24H17Br.C18H15BO2.C6H4BrI/c1-2-10-25(11-3-1)26-18-20-27(21-19-26)28-22-23-32-31-14-6-9-17-35(31)37(36(32)24-28)33-15-7-4-12-29(33)30-13-5-8-16-34(30)37;25-24-17-22(15-16-23(24)21-9-5-2-6-10-21)20-13-11-19(12-14-20)18-7-3-1-4-8-18;20-19(21)18-12-10-17(11-13-18)16-8-6-15(7-9-16)14-4-2-1-3-5-14;7-5-3-1-2-4-6(5)8/h1-24H;1-17H;1-13,20-21H;1-4H. The van der Waals surface area contributed by atoms with Gasteiger partial charge in [0.05, 0.1) is 5.41 Å². The Balaban J connectivity index is 0.000000122. The Morgan fingerprint density at radius 3 is 0.857 bits per heavy atom. The van der Waals surface area contributed by atoms with E-state index in [0.717, 1.165) is 15.6 Å². The molecule has 14 aromatic carbocycles. The minimum absolute atomic E-state index is 0.293. The van der Waals surface area contributed by atoms with Gasteiger partial charge in [0.25, 0.3) is 0 Å². The Hall–Kier alpha value is -9.25. The van der Waals surface area contributed by atoms with Gasteiger partial charge in [0, 0.05) is 12.5 Å². The highest BCUT2D eigenvalue weighted by Crippen LogP contribution is 2.63. The molecule has 14 aromatic rings.